The first-order chi connectivity index (χ1) is 11.7. The molecule has 0 radical (unpaired) electrons. The van der Waals surface area contributed by atoms with Crippen LogP contribution in [0.25, 0.3) is 0 Å². The van der Waals surface area contributed by atoms with Gasteiger partial charge >= 0.3 is 5.97 Å². The third kappa shape index (κ3) is 7.08. The Hall–Kier alpha value is -2.16. The maximum Gasteiger partial charge on any atom is 0.306 e. The molecule has 3 heteroatoms. The molecule has 1 aliphatic carbocycles. The molecule has 1 N–H and O–H groups in total. The first-order valence-corrected chi connectivity index (χ1v) is 8.84. The van der Waals surface area contributed by atoms with E-state index in [1.807, 2.05) is 43.3 Å². The largest absolute Gasteiger partial charge is 0.481 e. The standard InChI is InChI=1S/C12H18O.C10H12O2/c1-5-6-10-9(2)7-12(3,4)8-11(10)13;1-8(10(11)12)7-9-5-3-2-4-6-9/h6H,2,5,7-8H2,1,3-4H3;2-6,8H,7H2,1H3,(H,11,12)/b10-6+;. The zero-order valence-corrected chi connectivity index (χ0v) is 15.8. The summed E-state index contributed by atoms with van der Waals surface area (Å²) in [4.78, 5) is 22.2. The minimum absolute atomic E-state index is 0.110. The van der Waals surface area contributed by atoms with Crippen molar-refractivity contribution in [3.8, 4) is 0 Å². The Morgan fingerprint density at radius 1 is 1.28 bits per heavy atom. The fraction of sp³-hybridized carbons (Fsp3) is 0.455. The highest BCUT2D eigenvalue weighted by Crippen LogP contribution is 2.38. The van der Waals surface area contributed by atoms with Crippen LogP contribution < -0.4 is 0 Å². The monoisotopic (exact) mass is 342 g/mol. The highest BCUT2D eigenvalue weighted by atomic mass is 16.4. The van der Waals surface area contributed by atoms with Gasteiger partial charge in [-0.1, -0.05) is 70.7 Å². The Morgan fingerprint density at radius 3 is 2.36 bits per heavy atom. The lowest BCUT2D eigenvalue weighted by Crippen LogP contribution is -2.25. The summed E-state index contributed by atoms with van der Waals surface area (Å²) < 4.78 is 0. The van der Waals surface area contributed by atoms with Gasteiger partial charge in [0.15, 0.2) is 5.78 Å². The molecule has 1 aromatic rings. The molecule has 1 aromatic carbocycles. The smallest absolute Gasteiger partial charge is 0.306 e. The predicted molar refractivity (Wildman–Crippen MR) is 102 cm³/mol. The molecule has 1 atom stereocenters. The number of aliphatic carboxylic acids is 1. The summed E-state index contributed by atoms with van der Waals surface area (Å²) in [5.74, 6) is -0.769. The zero-order valence-electron chi connectivity index (χ0n) is 15.8. The van der Waals surface area contributed by atoms with Gasteiger partial charge in [0.1, 0.15) is 0 Å². The summed E-state index contributed by atoms with van der Waals surface area (Å²) >= 11 is 0. The molecule has 3 nitrogen and oxygen atoms in total. The summed E-state index contributed by atoms with van der Waals surface area (Å²) in [7, 11) is 0. The van der Waals surface area contributed by atoms with Crippen LogP contribution in [0.15, 0.2) is 54.1 Å². The Labute approximate surface area is 151 Å². The lowest BCUT2D eigenvalue weighted by molar-refractivity contribution is -0.141. The van der Waals surface area contributed by atoms with E-state index in [-0.39, 0.29) is 17.1 Å². The van der Waals surface area contributed by atoms with Crippen LogP contribution in [0.2, 0.25) is 0 Å². The van der Waals surface area contributed by atoms with Crippen molar-refractivity contribution in [3.05, 3.63) is 59.7 Å². The number of rotatable bonds is 4. The quantitative estimate of drug-likeness (QED) is 0.763. The molecule has 1 aliphatic rings. The summed E-state index contributed by atoms with van der Waals surface area (Å²) in [6.45, 7) is 12.0. The van der Waals surface area contributed by atoms with Crippen LogP contribution in [0.1, 0.15) is 52.5 Å². The van der Waals surface area contributed by atoms with Crippen LogP contribution in [0.4, 0.5) is 0 Å². The molecular weight excluding hydrogens is 312 g/mol. The van der Waals surface area contributed by atoms with E-state index in [4.69, 9.17) is 5.11 Å². The molecule has 1 fully saturated rings. The van der Waals surface area contributed by atoms with Crippen LogP contribution in [0.3, 0.4) is 0 Å². The Kier molecular flexibility index (Phi) is 7.82. The van der Waals surface area contributed by atoms with E-state index >= 15 is 0 Å². The molecule has 0 aromatic heterocycles. The number of hydrogen-bond donors (Lipinski definition) is 1. The second-order valence-electron chi connectivity index (χ2n) is 7.50. The molecule has 0 amide bonds. The van der Waals surface area contributed by atoms with Crippen LogP contribution in [-0.2, 0) is 16.0 Å². The van der Waals surface area contributed by atoms with Gasteiger partial charge in [0, 0.05) is 12.0 Å². The summed E-state index contributed by atoms with van der Waals surface area (Å²) in [5, 5.41) is 8.64. The van der Waals surface area contributed by atoms with Gasteiger partial charge in [0.2, 0.25) is 0 Å². The molecule has 0 bridgehead atoms. The van der Waals surface area contributed by atoms with Gasteiger partial charge in [0.05, 0.1) is 5.92 Å². The molecule has 1 saturated carbocycles. The minimum Gasteiger partial charge on any atom is -0.481 e. The first-order valence-electron chi connectivity index (χ1n) is 8.84. The number of carboxylic acids is 1. The number of carboxylic acid groups (broad SMARTS) is 1. The minimum atomic E-state index is -0.737. The van der Waals surface area contributed by atoms with E-state index in [9.17, 15) is 9.59 Å². The van der Waals surface area contributed by atoms with Gasteiger partial charge in [-0.05, 0) is 35.8 Å². The third-order valence-electron chi connectivity index (χ3n) is 4.23. The number of carbonyl (C=O) groups is 2. The Morgan fingerprint density at radius 2 is 1.88 bits per heavy atom. The number of Topliss-reactive ketones (excluding diaryl/α,β-unsaturated/α-hetero) is 1. The lowest BCUT2D eigenvalue weighted by Gasteiger charge is -2.31. The van der Waals surface area contributed by atoms with Crippen molar-refractivity contribution >= 4 is 11.8 Å². The van der Waals surface area contributed by atoms with Crippen molar-refractivity contribution < 1.29 is 14.7 Å². The highest BCUT2D eigenvalue weighted by Gasteiger charge is 2.31. The van der Waals surface area contributed by atoms with Gasteiger partial charge < -0.3 is 5.11 Å². The van der Waals surface area contributed by atoms with Gasteiger partial charge in [-0.15, -0.1) is 0 Å². The van der Waals surface area contributed by atoms with Crippen molar-refractivity contribution in [1.82, 2.24) is 0 Å². The molecule has 0 heterocycles. The fourth-order valence-corrected chi connectivity index (χ4v) is 2.98. The second-order valence-corrected chi connectivity index (χ2v) is 7.50. The molecule has 0 spiro atoms. The summed E-state index contributed by atoms with van der Waals surface area (Å²) in [5.41, 5.74) is 3.08. The van der Waals surface area contributed by atoms with Crippen LogP contribution in [0, 0.1) is 11.3 Å². The zero-order chi connectivity index (χ0) is 19.0. The van der Waals surface area contributed by atoms with E-state index in [0.29, 0.717) is 12.8 Å². The predicted octanol–water partition coefficient (Wildman–Crippen LogP) is 5.22. The van der Waals surface area contributed by atoms with Crippen LogP contribution in [0.5, 0.6) is 0 Å². The molecule has 2 rings (SSSR count). The third-order valence-corrected chi connectivity index (χ3v) is 4.23. The van der Waals surface area contributed by atoms with Crippen molar-refractivity contribution in [2.75, 3.05) is 0 Å². The van der Waals surface area contributed by atoms with E-state index < -0.39 is 5.97 Å². The topological polar surface area (TPSA) is 54.4 Å². The number of benzene rings is 1. The highest BCUT2D eigenvalue weighted by molar-refractivity contribution is 6.00. The van der Waals surface area contributed by atoms with E-state index in [1.54, 1.807) is 6.92 Å². The molecule has 1 unspecified atom stereocenters. The molecule has 25 heavy (non-hydrogen) atoms. The normalized spacial score (nSPS) is 19.1. The summed E-state index contributed by atoms with van der Waals surface area (Å²) in [6, 6.07) is 9.65. The van der Waals surface area contributed by atoms with Crippen molar-refractivity contribution in [3.63, 3.8) is 0 Å². The van der Waals surface area contributed by atoms with Gasteiger partial charge in [-0.3, -0.25) is 9.59 Å². The van der Waals surface area contributed by atoms with E-state index in [1.165, 1.54) is 0 Å². The van der Waals surface area contributed by atoms with Crippen molar-refractivity contribution in [2.45, 2.75) is 53.4 Å². The molecular formula is C22H30O3. The van der Waals surface area contributed by atoms with Crippen molar-refractivity contribution in [2.24, 2.45) is 11.3 Å². The van der Waals surface area contributed by atoms with E-state index in [2.05, 4.69) is 20.4 Å². The molecule has 0 saturated heterocycles. The number of carbonyl (C=O) groups excluding carboxylic acids is 1. The SMILES string of the molecule is C=C1CC(C)(C)CC(=O)/C1=C/CC.CC(Cc1ccccc1)C(=O)O. The van der Waals surface area contributed by atoms with Crippen LogP contribution in [-0.4, -0.2) is 16.9 Å². The van der Waals surface area contributed by atoms with Crippen molar-refractivity contribution in [1.29, 1.82) is 0 Å². The average Bonchev–Trinajstić information content (AvgIpc) is 2.51. The Bertz CT molecular complexity index is 616. The van der Waals surface area contributed by atoms with Gasteiger partial charge in [0.25, 0.3) is 0 Å². The number of allylic oxidation sites excluding steroid dienone is 3. The van der Waals surface area contributed by atoms with Gasteiger partial charge in [-0.2, -0.15) is 0 Å². The number of ketones is 1. The molecule has 136 valence electrons. The second kappa shape index (κ2) is 9.36. The maximum absolute atomic E-state index is 11.7. The number of hydrogen-bond acceptors (Lipinski definition) is 2. The fourth-order valence-electron chi connectivity index (χ4n) is 2.98. The average molecular weight is 342 g/mol. The Balaban J connectivity index is 0.000000251. The van der Waals surface area contributed by atoms with E-state index in [0.717, 1.165) is 29.6 Å². The maximum atomic E-state index is 11.7. The first kappa shape index (κ1) is 20.9. The van der Waals surface area contributed by atoms with Gasteiger partial charge in [-0.25, -0.2) is 0 Å². The van der Waals surface area contributed by atoms with Crippen LogP contribution >= 0.6 is 0 Å². The summed E-state index contributed by atoms with van der Waals surface area (Å²) in [6.07, 6.45) is 5.14. The molecule has 0 aliphatic heterocycles. The lowest BCUT2D eigenvalue weighted by atomic mass is 9.72.